The summed E-state index contributed by atoms with van der Waals surface area (Å²) in [4.78, 5) is 18.3. The second-order valence-corrected chi connectivity index (χ2v) is 8.71. The van der Waals surface area contributed by atoms with Crippen LogP contribution < -0.4 is 10.3 Å². The summed E-state index contributed by atoms with van der Waals surface area (Å²) >= 11 is 5.76. The molecule has 146 valence electrons. The van der Waals surface area contributed by atoms with E-state index in [-0.39, 0.29) is 5.56 Å². The van der Waals surface area contributed by atoms with Crippen molar-refractivity contribution in [1.82, 2.24) is 9.55 Å². The number of hydrogen-bond donors (Lipinski definition) is 0. The van der Waals surface area contributed by atoms with Crippen LogP contribution in [-0.2, 0) is 13.0 Å². The quantitative estimate of drug-likeness (QED) is 0.295. The summed E-state index contributed by atoms with van der Waals surface area (Å²) in [5.41, 5.74) is 2.78. The van der Waals surface area contributed by atoms with Crippen LogP contribution in [0.1, 0.15) is 5.56 Å². The van der Waals surface area contributed by atoms with Gasteiger partial charge in [0.2, 0.25) is 0 Å². The van der Waals surface area contributed by atoms with Crippen molar-refractivity contribution in [1.29, 1.82) is 0 Å². The molecule has 4 nitrogen and oxygen atoms in total. The molecule has 0 radical (unpaired) electrons. The second kappa shape index (κ2) is 8.67. The molecule has 29 heavy (non-hydrogen) atoms. The van der Waals surface area contributed by atoms with Gasteiger partial charge in [-0.05, 0) is 71.0 Å². The maximum Gasteiger partial charge on any atom is 0.261 e. The Balaban J connectivity index is 1.83. The molecule has 6 heteroatoms. The van der Waals surface area contributed by atoms with Crippen molar-refractivity contribution in [2.24, 2.45) is 0 Å². The molecule has 0 amide bonds. The molecule has 0 saturated carbocycles. The monoisotopic (exact) mass is 560 g/mol. The maximum atomic E-state index is 13.4. The largest absolute Gasteiger partial charge is 0.497 e. The van der Waals surface area contributed by atoms with E-state index in [0.29, 0.717) is 23.3 Å². The van der Waals surface area contributed by atoms with Gasteiger partial charge in [0.15, 0.2) is 0 Å². The standard InChI is InChI=1S/C23H18BrIN2O2/c1-29-17-9-6-15(7-10-17)12-13-27-22(18-4-2-3-5-20(18)25)26-21-11-8-16(24)14-19(21)23(27)28/h2-11,14H,12-13H2,1H3. The zero-order valence-electron chi connectivity index (χ0n) is 15.7. The number of methoxy groups -OCH3 is 1. The molecule has 4 rings (SSSR count). The van der Waals surface area contributed by atoms with Gasteiger partial charge in [-0.2, -0.15) is 0 Å². The molecule has 4 aromatic rings. The molecule has 0 unspecified atom stereocenters. The van der Waals surface area contributed by atoms with Gasteiger partial charge >= 0.3 is 0 Å². The number of benzene rings is 3. The van der Waals surface area contributed by atoms with Gasteiger partial charge in [-0.1, -0.05) is 46.3 Å². The molecule has 0 bridgehead atoms. The minimum Gasteiger partial charge on any atom is -0.497 e. The Bertz CT molecular complexity index is 1240. The summed E-state index contributed by atoms with van der Waals surface area (Å²) in [6.45, 7) is 0.543. The highest BCUT2D eigenvalue weighted by atomic mass is 127. The highest BCUT2D eigenvalue weighted by Crippen LogP contribution is 2.25. The molecule has 3 aromatic carbocycles. The predicted octanol–water partition coefficient (Wildman–Crippen LogP) is 5.68. The third kappa shape index (κ3) is 4.23. The molecule has 0 aliphatic rings. The van der Waals surface area contributed by atoms with E-state index in [2.05, 4.69) is 38.5 Å². The van der Waals surface area contributed by atoms with Crippen LogP contribution in [0, 0.1) is 3.57 Å². The average molecular weight is 561 g/mol. The molecule has 1 heterocycles. The average Bonchev–Trinajstić information content (AvgIpc) is 2.74. The van der Waals surface area contributed by atoms with Crippen LogP contribution >= 0.6 is 38.5 Å². The lowest BCUT2D eigenvalue weighted by molar-refractivity contribution is 0.414. The van der Waals surface area contributed by atoms with Crippen LogP contribution in [0.3, 0.4) is 0 Å². The lowest BCUT2D eigenvalue weighted by atomic mass is 10.1. The highest BCUT2D eigenvalue weighted by Gasteiger charge is 2.15. The molecule has 0 N–H and O–H groups in total. The van der Waals surface area contributed by atoms with Crippen LogP contribution in [0.4, 0.5) is 0 Å². The van der Waals surface area contributed by atoms with Crippen LogP contribution in [0.5, 0.6) is 5.75 Å². The minimum atomic E-state index is -0.0283. The number of halogens is 2. The first kappa shape index (κ1) is 20.1. The van der Waals surface area contributed by atoms with Gasteiger partial charge in [-0.25, -0.2) is 4.98 Å². The third-order valence-electron chi connectivity index (χ3n) is 4.81. The molecular weight excluding hydrogens is 543 g/mol. The van der Waals surface area contributed by atoms with Crippen molar-refractivity contribution in [3.8, 4) is 17.1 Å². The lowest BCUT2D eigenvalue weighted by Gasteiger charge is -2.15. The zero-order valence-corrected chi connectivity index (χ0v) is 19.5. The van der Waals surface area contributed by atoms with Crippen LogP contribution in [-0.4, -0.2) is 16.7 Å². The molecule has 0 spiro atoms. The number of rotatable bonds is 5. The van der Waals surface area contributed by atoms with E-state index in [1.165, 1.54) is 0 Å². The van der Waals surface area contributed by atoms with E-state index in [4.69, 9.17) is 9.72 Å². The lowest BCUT2D eigenvalue weighted by Crippen LogP contribution is -2.24. The van der Waals surface area contributed by atoms with Gasteiger partial charge in [0, 0.05) is 20.2 Å². The number of hydrogen-bond acceptors (Lipinski definition) is 3. The van der Waals surface area contributed by atoms with Gasteiger partial charge in [0.05, 0.1) is 18.0 Å². The van der Waals surface area contributed by atoms with E-state index in [9.17, 15) is 4.79 Å². The predicted molar refractivity (Wildman–Crippen MR) is 129 cm³/mol. The van der Waals surface area contributed by atoms with Crippen molar-refractivity contribution in [3.63, 3.8) is 0 Å². The fourth-order valence-corrected chi connectivity index (χ4v) is 4.27. The Kier molecular flexibility index (Phi) is 6.01. The van der Waals surface area contributed by atoms with Crippen molar-refractivity contribution < 1.29 is 4.74 Å². The minimum absolute atomic E-state index is 0.0283. The number of aryl methyl sites for hydroxylation is 1. The Morgan fingerprint density at radius 2 is 1.83 bits per heavy atom. The van der Waals surface area contributed by atoms with Crippen LogP contribution in [0.15, 0.2) is 76.0 Å². The van der Waals surface area contributed by atoms with Crippen LogP contribution in [0.2, 0.25) is 0 Å². The van der Waals surface area contributed by atoms with E-state index in [1.54, 1.807) is 11.7 Å². The second-order valence-electron chi connectivity index (χ2n) is 6.63. The Morgan fingerprint density at radius 1 is 1.07 bits per heavy atom. The molecule has 0 saturated heterocycles. The van der Waals surface area contributed by atoms with Gasteiger partial charge in [0.25, 0.3) is 5.56 Å². The van der Waals surface area contributed by atoms with E-state index < -0.39 is 0 Å². The molecular formula is C23H18BrIN2O2. The Morgan fingerprint density at radius 3 is 2.55 bits per heavy atom. The molecule has 0 aliphatic heterocycles. The zero-order chi connectivity index (χ0) is 20.4. The van der Waals surface area contributed by atoms with Gasteiger partial charge in [0.1, 0.15) is 11.6 Å². The molecule has 0 atom stereocenters. The smallest absolute Gasteiger partial charge is 0.261 e. The number of nitrogens with zero attached hydrogens (tertiary/aromatic N) is 2. The topological polar surface area (TPSA) is 44.1 Å². The summed E-state index contributed by atoms with van der Waals surface area (Å²) in [6, 6.07) is 21.6. The number of aromatic nitrogens is 2. The van der Waals surface area contributed by atoms with Crippen molar-refractivity contribution in [3.05, 3.63) is 90.7 Å². The van der Waals surface area contributed by atoms with Gasteiger partial charge in [-0.3, -0.25) is 9.36 Å². The molecule has 0 aliphatic carbocycles. The first-order chi connectivity index (χ1) is 14.1. The summed E-state index contributed by atoms with van der Waals surface area (Å²) in [5, 5.41) is 0.615. The van der Waals surface area contributed by atoms with E-state index in [1.807, 2.05) is 66.7 Å². The summed E-state index contributed by atoms with van der Waals surface area (Å²) in [7, 11) is 1.65. The molecule has 1 aromatic heterocycles. The Labute approximate surface area is 190 Å². The SMILES string of the molecule is COc1ccc(CCn2c(-c3ccccc3I)nc3ccc(Br)cc3c2=O)cc1. The van der Waals surface area contributed by atoms with Crippen molar-refractivity contribution >= 4 is 49.4 Å². The number of fused-ring (bicyclic) bond motifs is 1. The highest BCUT2D eigenvalue weighted by molar-refractivity contribution is 14.1. The number of ether oxygens (including phenoxy) is 1. The van der Waals surface area contributed by atoms with Crippen molar-refractivity contribution in [2.45, 2.75) is 13.0 Å². The fraction of sp³-hybridized carbons (Fsp3) is 0.130. The fourth-order valence-electron chi connectivity index (χ4n) is 3.28. The first-order valence-corrected chi connectivity index (χ1v) is 11.0. The van der Waals surface area contributed by atoms with E-state index in [0.717, 1.165) is 31.3 Å². The van der Waals surface area contributed by atoms with E-state index >= 15 is 0 Å². The van der Waals surface area contributed by atoms with Crippen LogP contribution in [0.25, 0.3) is 22.3 Å². The van der Waals surface area contributed by atoms with Gasteiger partial charge in [-0.15, -0.1) is 0 Å². The van der Waals surface area contributed by atoms with Crippen molar-refractivity contribution in [2.75, 3.05) is 7.11 Å². The maximum absolute atomic E-state index is 13.4. The first-order valence-electron chi connectivity index (χ1n) is 9.15. The summed E-state index contributed by atoms with van der Waals surface area (Å²) in [5.74, 6) is 1.52. The summed E-state index contributed by atoms with van der Waals surface area (Å²) in [6.07, 6.45) is 0.724. The van der Waals surface area contributed by atoms with Gasteiger partial charge < -0.3 is 4.74 Å². The Hall–Kier alpha value is -2.19. The third-order valence-corrected chi connectivity index (χ3v) is 6.25. The molecule has 0 fully saturated rings. The summed E-state index contributed by atoms with van der Waals surface area (Å²) < 4.78 is 8.95. The normalized spacial score (nSPS) is 11.0.